The molecule has 0 bridgehead atoms. The van der Waals surface area contributed by atoms with E-state index in [2.05, 4.69) is 20.5 Å². The Balaban J connectivity index is 1.50. The third-order valence-electron chi connectivity index (χ3n) is 4.47. The fraction of sp³-hybridized carbons (Fsp3) is 0.300. The Hall–Kier alpha value is -2.71. The number of nitrogens with zero attached hydrogens (tertiary/aromatic N) is 4. The summed E-state index contributed by atoms with van der Waals surface area (Å²) >= 11 is 1.37. The van der Waals surface area contributed by atoms with Gasteiger partial charge in [0.25, 0.3) is 0 Å². The second-order valence-corrected chi connectivity index (χ2v) is 7.38. The van der Waals surface area contributed by atoms with Crippen molar-refractivity contribution >= 4 is 17.7 Å². The Morgan fingerprint density at radius 3 is 2.75 bits per heavy atom. The topological polar surface area (TPSA) is 81.9 Å². The van der Waals surface area contributed by atoms with E-state index in [1.54, 1.807) is 12.4 Å². The Morgan fingerprint density at radius 2 is 2.00 bits per heavy atom. The van der Waals surface area contributed by atoms with Crippen molar-refractivity contribution in [1.82, 2.24) is 25.1 Å². The Morgan fingerprint density at radius 1 is 1.18 bits per heavy atom. The first-order valence-electron chi connectivity index (χ1n) is 9.23. The molecule has 0 unspecified atom stereocenters. The number of nitrogens with one attached hydrogen (secondary N) is 1. The Labute approximate surface area is 167 Å². The molecule has 0 aliphatic carbocycles. The highest BCUT2D eigenvalue weighted by molar-refractivity contribution is 7.99. The first kappa shape index (κ1) is 18.6. The summed E-state index contributed by atoms with van der Waals surface area (Å²) in [4.78, 5) is 16.3. The molecule has 1 N–H and O–H groups in total. The van der Waals surface area contributed by atoms with Gasteiger partial charge in [0, 0.05) is 36.8 Å². The minimum atomic E-state index is -0.0337. The van der Waals surface area contributed by atoms with E-state index < -0.39 is 0 Å². The Kier molecular flexibility index (Phi) is 5.98. The van der Waals surface area contributed by atoms with Crippen LogP contribution in [0, 0.1) is 0 Å². The third kappa shape index (κ3) is 4.40. The molecule has 1 atom stereocenters. The van der Waals surface area contributed by atoms with E-state index in [0.29, 0.717) is 11.7 Å². The van der Waals surface area contributed by atoms with Crippen molar-refractivity contribution in [3.05, 3.63) is 54.9 Å². The fourth-order valence-electron chi connectivity index (χ4n) is 3.08. The lowest BCUT2D eigenvalue weighted by Crippen LogP contribution is -2.32. The standard InChI is InChI=1S/C20H21N5O2S/c26-18(22-13-17-7-4-12-27-17)14-28-20-24-23-19(15-8-10-21-11-9-15)25(20)16-5-2-1-3-6-16/h1-3,5-6,8-11,17H,4,7,12-14H2,(H,22,26)/t17-/m0/s1. The van der Waals surface area contributed by atoms with E-state index in [1.807, 2.05) is 47.0 Å². The van der Waals surface area contributed by atoms with Crippen LogP contribution >= 0.6 is 11.8 Å². The second-order valence-electron chi connectivity index (χ2n) is 6.44. The van der Waals surface area contributed by atoms with Crippen LogP contribution in [0.2, 0.25) is 0 Å². The van der Waals surface area contributed by atoms with Gasteiger partial charge in [0.05, 0.1) is 11.9 Å². The lowest BCUT2D eigenvalue weighted by molar-refractivity contribution is -0.119. The van der Waals surface area contributed by atoms with Crippen molar-refractivity contribution < 1.29 is 9.53 Å². The van der Waals surface area contributed by atoms with Crippen molar-refractivity contribution in [2.75, 3.05) is 18.9 Å². The minimum Gasteiger partial charge on any atom is -0.376 e. The van der Waals surface area contributed by atoms with Gasteiger partial charge in [-0.25, -0.2) is 0 Å². The number of pyridine rings is 1. The molecule has 1 amide bonds. The number of ether oxygens (including phenoxy) is 1. The van der Waals surface area contributed by atoms with Gasteiger partial charge in [0.1, 0.15) is 0 Å². The number of para-hydroxylation sites is 1. The number of rotatable bonds is 7. The smallest absolute Gasteiger partial charge is 0.230 e. The van der Waals surface area contributed by atoms with Crippen LogP contribution in [0.15, 0.2) is 60.0 Å². The second kappa shape index (κ2) is 8.99. The number of hydrogen-bond donors (Lipinski definition) is 1. The van der Waals surface area contributed by atoms with Crippen molar-refractivity contribution in [3.8, 4) is 17.1 Å². The molecular formula is C20H21N5O2S. The van der Waals surface area contributed by atoms with Crippen LogP contribution in [0.25, 0.3) is 17.1 Å². The largest absolute Gasteiger partial charge is 0.376 e. The molecule has 144 valence electrons. The highest BCUT2D eigenvalue weighted by Gasteiger charge is 2.19. The SMILES string of the molecule is O=C(CSc1nnc(-c2ccncc2)n1-c1ccccc1)NC[C@@H]1CCCO1. The first-order chi connectivity index (χ1) is 13.8. The number of thioether (sulfide) groups is 1. The maximum Gasteiger partial charge on any atom is 0.230 e. The zero-order valence-electron chi connectivity index (χ0n) is 15.3. The van der Waals surface area contributed by atoms with E-state index >= 15 is 0 Å². The molecule has 28 heavy (non-hydrogen) atoms. The van der Waals surface area contributed by atoms with E-state index in [4.69, 9.17) is 4.74 Å². The highest BCUT2D eigenvalue weighted by atomic mass is 32.2. The first-order valence-corrected chi connectivity index (χ1v) is 10.2. The summed E-state index contributed by atoms with van der Waals surface area (Å²) in [6, 6.07) is 13.7. The summed E-state index contributed by atoms with van der Waals surface area (Å²) < 4.78 is 7.51. The highest BCUT2D eigenvalue weighted by Crippen LogP contribution is 2.27. The number of carbonyl (C=O) groups is 1. The van der Waals surface area contributed by atoms with Crippen molar-refractivity contribution in [3.63, 3.8) is 0 Å². The third-order valence-corrected chi connectivity index (χ3v) is 5.40. The monoisotopic (exact) mass is 395 g/mol. The summed E-state index contributed by atoms with van der Waals surface area (Å²) in [5, 5.41) is 12.3. The van der Waals surface area contributed by atoms with Crippen LogP contribution in [0.5, 0.6) is 0 Å². The van der Waals surface area contributed by atoms with Gasteiger partial charge in [-0.05, 0) is 37.1 Å². The molecule has 3 aromatic rings. The van der Waals surface area contributed by atoms with Crippen LogP contribution < -0.4 is 5.32 Å². The molecule has 1 fully saturated rings. The zero-order valence-corrected chi connectivity index (χ0v) is 16.1. The van der Waals surface area contributed by atoms with Crippen LogP contribution in [-0.2, 0) is 9.53 Å². The lowest BCUT2D eigenvalue weighted by Gasteiger charge is -2.12. The quantitative estimate of drug-likeness (QED) is 0.620. The fourth-order valence-corrected chi connectivity index (χ4v) is 3.86. The van der Waals surface area contributed by atoms with Gasteiger partial charge < -0.3 is 10.1 Å². The van der Waals surface area contributed by atoms with E-state index in [-0.39, 0.29) is 17.8 Å². The number of benzene rings is 1. The predicted octanol–water partition coefficient (Wildman–Crippen LogP) is 2.72. The maximum absolute atomic E-state index is 12.2. The molecule has 2 aromatic heterocycles. The molecule has 1 aromatic carbocycles. The molecule has 7 nitrogen and oxygen atoms in total. The summed E-state index contributed by atoms with van der Waals surface area (Å²) in [7, 11) is 0. The minimum absolute atomic E-state index is 0.0337. The summed E-state index contributed by atoms with van der Waals surface area (Å²) in [6.07, 6.45) is 5.66. The number of aromatic nitrogens is 4. The van der Waals surface area contributed by atoms with E-state index in [1.165, 1.54) is 11.8 Å². The average Bonchev–Trinajstić information content (AvgIpc) is 3.42. The molecule has 4 rings (SSSR count). The van der Waals surface area contributed by atoms with Crippen molar-refractivity contribution in [1.29, 1.82) is 0 Å². The zero-order chi connectivity index (χ0) is 19.2. The van der Waals surface area contributed by atoms with Gasteiger partial charge >= 0.3 is 0 Å². The summed E-state index contributed by atoms with van der Waals surface area (Å²) in [6.45, 7) is 1.35. The Bertz CT molecular complexity index is 911. The van der Waals surface area contributed by atoms with Gasteiger partial charge in [0.2, 0.25) is 5.91 Å². The molecule has 1 aliphatic heterocycles. The van der Waals surface area contributed by atoms with E-state index in [9.17, 15) is 4.79 Å². The van der Waals surface area contributed by atoms with Crippen LogP contribution in [0.4, 0.5) is 0 Å². The van der Waals surface area contributed by atoms with Crippen LogP contribution in [-0.4, -0.2) is 50.7 Å². The van der Waals surface area contributed by atoms with Gasteiger partial charge in [-0.15, -0.1) is 10.2 Å². The van der Waals surface area contributed by atoms with Crippen LogP contribution in [0.1, 0.15) is 12.8 Å². The number of hydrogen-bond acceptors (Lipinski definition) is 6. The summed E-state index contributed by atoms with van der Waals surface area (Å²) in [5.41, 5.74) is 1.86. The molecule has 1 saturated heterocycles. The normalized spacial score (nSPS) is 16.2. The molecule has 3 heterocycles. The molecular weight excluding hydrogens is 374 g/mol. The number of amides is 1. The predicted molar refractivity (Wildman–Crippen MR) is 107 cm³/mol. The number of carbonyl (C=O) groups excluding carboxylic acids is 1. The van der Waals surface area contributed by atoms with Crippen molar-refractivity contribution in [2.45, 2.75) is 24.1 Å². The molecule has 0 saturated carbocycles. The van der Waals surface area contributed by atoms with Gasteiger partial charge in [-0.2, -0.15) is 0 Å². The average molecular weight is 395 g/mol. The summed E-state index contributed by atoms with van der Waals surface area (Å²) in [5.74, 6) is 0.957. The molecule has 0 spiro atoms. The van der Waals surface area contributed by atoms with Crippen molar-refractivity contribution in [2.24, 2.45) is 0 Å². The van der Waals surface area contributed by atoms with Crippen LogP contribution in [0.3, 0.4) is 0 Å². The van der Waals surface area contributed by atoms with Gasteiger partial charge in [-0.1, -0.05) is 30.0 Å². The lowest BCUT2D eigenvalue weighted by atomic mass is 10.2. The van der Waals surface area contributed by atoms with Gasteiger partial charge in [0.15, 0.2) is 11.0 Å². The molecule has 1 aliphatic rings. The van der Waals surface area contributed by atoms with Gasteiger partial charge in [-0.3, -0.25) is 14.3 Å². The molecule has 0 radical (unpaired) electrons. The van der Waals surface area contributed by atoms with E-state index in [0.717, 1.165) is 36.5 Å². The molecule has 8 heteroatoms. The maximum atomic E-state index is 12.2.